The van der Waals surface area contributed by atoms with E-state index in [1.807, 2.05) is 35.7 Å². The molecule has 0 bridgehead atoms. The summed E-state index contributed by atoms with van der Waals surface area (Å²) in [6, 6.07) is 8.55. The quantitative estimate of drug-likeness (QED) is 0.890. The molecule has 1 aromatic carbocycles. The third-order valence-electron chi connectivity index (χ3n) is 3.16. The Bertz CT molecular complexity index is 457. The van der Waals surface area contributed by atoms with Crippen molar-refractivity contribution in [2.75, 3.05) is 16.8 Å². The van der Waals surface area contributed by atoms with E-state index in [0.29, 0.717) is 10.6 Å². The highest BCUT2D eigenvalue weighted by Gasteiger charge is 2.23. The third kappa shape index (κ3) is 3.83. The summed E-state index contributed by atoms with van der Waals surface area (Å²) in [5, 5.41) is 5.87. The van der Waals surface area contributed by atoms with Crippen molar-refractivity contribution >= 4 is 35.2 Å². The zero-order chi connectivity index (χ0) is 13.1. The summed E-state index contributed by atoms with van der Waals surface area (Å²) in [6.07, 6.45) is 3.53. The molecule has 0 spiro atoms. The lowest BCUT2D eigenvalue weighted by atomic mass is 10.2. The van der Waals surface area contributed by atoms with Gasteiger partial charge < -0.3 is 10.6 Å². The molecule has 102 valence electrons. The van der Waals surface area contributed by atoms with E-state index in [0.717, 1.165) is 18.5 Å². The van der Waals surface area contributed by atoms with Gasteiger partial charge in [0, 0.05) is 11.7 Å². The smallest absolute Gasteiger partial charge is 0.319 e. The molecule has 1 aromatic rings. The van der Waals surface area contributed by atoms with Gasteiger partial charge in [-0.25, -0.2) is 4.79 Å². The molecule has 0 unspecified atom stereocenters. The predicted octanol–water partition coefficient (Wildman–Crippen LogP) is 3.84. The topological polar surface area (TPSA) is 41.1 Å². The molecule has 2 aliphatic rings. The van der Waals surface area contributed by atoms with E-state index < -0.39 is 0 Å². The van der Waals surface area contributed by atoms with Crippen LogP contribution in [0.2, 0.25) is 0 Å². The molecule has 2 amide bonds. The van der Waals surface area contributed by atoms with Gasteiger partial charge >= 0.3 is 6.03 Å². The standard InChI is InChI=1S/C14H18N2OS2/c17-14(15-11-5-6-11)16-12-4-1-3-10(9-12)13-18-7-2-8-19-13/h1,3-4,9,11,13H,2,5-8H2,(H2,15,16,17). The van der Waals surface area contributed by atoms with Crippen LogP contribution in [0.5, 0.6) is 0 Å². The van der Waals surface area contributed by atoms with Crippen molar-refractivity contribution < 1.29 is 4.79 Å². The fourth-order valence-corrected chi connectivity index (χ4v) is 4.90. The van der Waals surface area contributed by atoms with Gasteiger partial charge in [-0.05, 0) is 48.5 Å². The zero-order valence-electron chi connectivity index (χ0n) is 10.7. The van der Waals surface area contributed by atoms with E-state index in [4.69, 9.17) is 0 Å². The monoisotopic (exact) mass is 294 g/mol. The number of thioether (sulfide) groups is 2. The first-order valence-corrected chi connectivity index (χ1v) is 8.82. The second-order valence-electron chi connectivity index (χ2n) is 4.93. The van der Waals surface area contributed by atoms with E-state index in [2.05, 4.69) is 22.8 Å². The highest BCUT2D eigenvalue weighted by Crippen LogP contribution is 2.43. The maximum absolute atomic E-state index is 11.7. The maximum atomic E-state index is 11.7. The van der Waals surface area contributed by atoms with Crippen LogP contribution in [0.3, 0.4) is 0 Å². The molecule has 0 atom stereocenters. The minimum absolute atomic E-state index is 0.0800. The molecule has 2 N–H and O–H groups in total. The van der Waals surface area contributed by atoms with Crippen molar-refractivity contribution in [1.82, 2.24) is 5.32 Å². The second kappa shape index (κ2) is 6.09. The van der Waals surface area contributed by atoms with Gasteiger partial charge in [-0.1, -0.05) is 12.1 Å². The lowest BCUT2D eigenvalue weighted by Crippen LogP contribution is -2.30. The van der Waals surface area contributed by atoms with Crippen LogP contribution in [0.25, 0.3) is 0 Å². The van der Waals surface area contributed by atoms with Gasteiger partial charge in [0.15, 0.2) is 0 Å². The highest BCUT2D eigenvalue weighted by molar-refractivity contribution is 8.16. The number of benzene rings is 1. The van der Waals surface area contributed by atoms with Crippen LogP contribution < -0.4 is 10.6 Å². The Morgan fingerprint density at radius 2 is 2.00 bits per heavy atom. The van der Waals surface area contributed by atoms with Crippen LogP contribution in [0, 0.1) is 0 Å². The number of hydrogen-bond acceptors (Lipinski definition) is 3. The predicted molar refractivity (Wildman–Crippen MR) is 83.9 cm³/mol. The summed E-state index contributed by atoms with van der Waals surface area (Å²) in [7, 11) is 0. The van der Waals surface area contributed by atoms with Gasteiger partial charge in [0.2, 0.25) is 0 Å². The molecule has 3 rings (SSSR count). The lowest BCUT2D eigenvalue weighted by Gasteiger charge is -2.21. The average molecular weight is 294 g/mol. The van der Waals surface area contributed by atoms with E-state index in [1.165, 1.54) is 23.5 Å². The number of carbonyl (C=O) groups excluding carboxylic acids is 1. The van der Waals surface area contributed by atoms with Crippen LogP contribution >= 0.6 is 23.5 Å². The van der Waals surface area contributed by atoms with Crippen LogP contribution in [0.15, 0.2) is 24.3 Å². The molecule has 1 aliphatic carbocycles. The number of rotatable bonds is 3. The molecular formula is C14H18N2OS2. The van der Waals surface area contributed by atoms with E-state index in [9.17, 15) is 4.79 Å². The highest BCUT2D eigenvalue weighted by atomic mass is 32.2. The van der Waals surface area contributed by atoms with Crippen molar-refractivity contribution in [3.8, 4) is 0 Å². The second-order valence-corrected chi connectivity index (χ2v) is 7.65. The molecule has 3 nitrogen and oxygen atoms in total. The van der Waals surface area contributed by atoms with Crippen LogP contribution in [-0.4, -0.2) is 23.6 Å². The fourth-order valence-electron chi connectivity index (χ4n) is 2.02. The van der Waals surface area contributed by atoms with Gasteiger partial charge in [0.05, 0.1) is 4.58 Å². The minimum atomic E-state index is -0.0800. The Morgan fingerprint density at radius 3 is 2.74 bits per heavy atom. The van der Waals surface area contributed by atoms with Gasteiger partial charge in [0.25, 0.3) is 0 Å². The summed E-state index contributed by atoms with van der Waals surface area (Å²) in [5.41, 5.74) is 2.20. The Morgan fingerprint density at radius 1 is 1.21 bits per heavy atom. The number of carbonyl (C=O) groups is 1. The Kier molecular flexibility index (Phi) is 4.23. The molecule has 1 aliphatic heterocycles. The molecule has 1 saturated carbocycles. The van der Waals surface area contributed by atoms with E-state index in [1.54, 1.807) is 0 Å². The summed E-state index contributed by atoms with van der Waals surface area (Å²) in [6.45, 7) is 0. The Labute approximate surface area is 122 Å². The number of nitrogens with one attached hydrogen (secondary N) is 2. The normalized spacial score (nSPS) is 20.0. The SMILES string of the molecule is O=C(Nc1cccc(C2SCCCS2)c1)NC1CC1. The van der Waals surface area contributed by atoms with Crippen molar-refractivity contribution in [3.05, 3.63) is 29.8 Å². The summed E-state index contributed by atoms with van der Waals surface area (Å²) in [4.78, 5) is 11.7. The largest absolute Gasteiger partial charge is 0.335 e. The average Bonchev–Trinajstić information content (AvgIpc) is 3.24. The molecular weight excluding hydrogens is 276 g/mol. The molecule has 1 heterocycles. The van der Waals surface area contributed by atoms with Crippen LogP contribution in [-0.2, 0) is 0 Å². The summed E-state index contributed by atoms with van der Waals surface area (Å²) < 4.78 is 0.516. The van der Waals surface area contributed by atoms with Crippen molar-refractivity contribution in [3.63, 3.8) is 0 Å². The van der Waals surface area contributed by atoms with E-state index in [-0.39, 0.29) is 6.03 Å². The van der Waals surface area contributed by atoms with Gasteiger partial charge in [-0.2, -0.15) is 0 Å². The van der Waals surface area contributed by atoms with Crippen molar-refractivity contribution in [1.29, 1.82) is 0 Å². The van der Waals surface area contributed by atoms with Gasteiger partial charge in [0.1, 0.15) is 0 Å². The minimum Gasteiger partial charge on any atom is -0.335 e. The molecule has 2 fully saturated rings. The first kappa shape index (κ1) is 13.2. The zero-order valence-corrected chi connectivity index (χ0v) is 12.4. The number of hydrogen-bond donors (Lipinski definition) is 2. The number of anilines is 1. The molecule has 19 heavy (non-hydrogen) atoms. The summed E-state index contributed by atoms with van der Waals surface area (Å²) in [5.74, 6) is 2.47. The van der Waals surface area contributed by atoms with Gasteiger partial charge in [-0.15, -0.1) is 23.5 Å². The fraction of sp³-hybridized carbons (Fsp3) is 0.500. The molecule has 5 heteroatoms. The van der Waals surface area contributed by atoms with Crippen LogP contribution in [0.4, 0.5) is 10.5 Å². The van der Waals surface area contributed by atoms with Crippen molar-refractivity contribution in [2.45, 2.75) is 29.9 Å². The molecule has 0 aromatic heterocycles. The van der Waals surface area contributed by atoms with Crippen molar-refractivity contribution in [2.24, 2.45) is 0 Å². The molecule has 1 saturated heterocycles. The summed E-state index contributed by atoms with van der Waals surface area (Å²) >= 11 is 4.00. The third-order valence-corrected chi connectivity index (χ3v) is 6.17. The maximum Gasteiger partial charge on any atom is 0.319 e. The lowest BCUT2D eigenvalue weighted by molar-refractivity contribution is 0.251. The Hall–Kier alpha value is -0.810. The Balaban J connectivity index is 1.62. The first-order valence-electron chi connectivity index (χ1n) is 6.72. The number of urea groups is 1. The molecule has 0 radical (unpaired) electrons. The number of amides is 2. The van der Waals surface area contributed by atoms with E-state index >= 15 is 0 Å². The van der Waals surface area contributed by atoms with Gasteiger partial charge in [-0.3, -0.25) is 0 Å². The first-order chi connectivity index (χ1) is 9.31. The van der Waals surface area contributed by atoms with Crippen LogP contribution in [0.1, 0.15) is 29.4 Å².